The Hall–Kier alpha value is -4.58. The predicted octanol–water partition coefficient (Wildman–Crippen LogP) is 3.18. The fraction of sp³-hybridized carbons (Fsp3) is 0.167. The lowest BCUT2D eigenvalue weighted by atomic mass is 10.1. The van der Waals surface area contributed by atoms with Crippen molar-refractivity contribution >= 4 is 23.0 Å². The Labute approximate surface area is 190 Å². The van der Waals surface area contributed by atoms with E-state index in [1.807, 2.05) is 18.2 Å². The molecule has 0 aliphatic carbocycles. The number of carbonyl (C=O) groups is 1. The van der Waals surface area contributed by atoms with E-state index in [9.17, 15) is 10.1 Å². The molecule has 0 saturated carbocycles. The third kappa shape index (κ3) is 4.41. The summed E-state index contributed by atoms with van der Waals surface area (Å²) in [7, 11) is 4.87. The van der Waals surface area contributed by atoms with Gasteiger partial charge in [0.1, 0.15) is 17.4 Å². The topological polar surface area (TPSA) is 118 Å². The molecule has 1 amide bonds. The zero-order valence-electron chi connectivity index (χ0n) is 18.4. The molecule has 0 atom stereocenters. The summed E-state index contributed by atoms with van der Waals surface area (Å²) in [6.45, 7) is 0.348. The highest BCUT2D eigenvalue weighted by atomic mass is 16.5. The number of hydrogen-bond acceptors (Lipinski definition) is 6. The number of amides is 1. The van der Waals surface area contributed by atoms with Crippen LogP contribution in [0.2, 0.25) is 0 Å². The minimum atomic E-state index is -0.234. The first-order chi connectivity index (χ1) is 16.0. The first kappa shape index (κ1) is 21.6. The number of nitrogens with zero attached hydrogens (tertiary/aromatic N) is 4. The normalized spacial score (nSPS) is 11.0. The molecule has 0 aliphatic rings. The molecule has 33 heavy (non-hydrogen) atoms. The molecule has 0 spiro atoms. The fourth-order valence-electron chi connectivity index (χ4n) is 3.49. The zero-order valence-corrected chi connectivity index (χ0v) is 18.4. The van der Waals surface area contributed by atoms with Gasteiger partial charge in [0.05, 0.1) is 20.4 Å². The van der Waals surface area contributed by atoms with Crippen LogP contribution in [0, 0.1) is 11.3 Å². The molecule has 0 radical (unpaired) electrons. The molecule has 4 rings (SSSR count). The van der Waals surface area contributed by atoms with Crippen molar-refractivity contribution in [2.24, 2.45) is 7.05 Å². The van der Waals surface area contributed by atoms with E-state index in [0.29, 0.717) is 34.9 Å². The molecule has 9 heteroatoms. The van der Waals surface area contributed by atoms with Gasteiger partial charge in [0.2, 0.25) is 5.91 Å². The van der Waals surface area contributed by atoms with Crippen LogP contribution in [0.15, 0.2) is 48.9 Å². The Balaban J connectivity index is 1.50. The molecule has 2 N–H and O–H groups in total. The van der Waals surface area contributed by atoms with Gasteiger partial charge in [-0.05, 0) is 29.8 Å². The second-order valence-corrected chi connectivity index (χ2v) is 7.25. The molecule has 9 nitrogen and oxygen atoms in total. The van der Waals surface area contributed by atoms with Gasteiger partial charge in [0.15, 0.2) is 11.5 Å². The van der Waals surface area contributed by atoms with Crippen molar-refractivity contribution in [1.82, 2.24) is 25.1 Å². The number of rotatable bonds is 7. The van der Waals surface area contributed by atoms with Gasteiger partial charge in [-0.2, -0.15) is 10.4 Å². The van der Waals surface area contributed by atoms with Crippen LogP contribution in [0.4, 0.5) is 0 Å². The standard InChI is InChI=1S/C24H22N6O3/c1-30-20(10-25)19(14-29-30)17-9-18-16(12-27-24(18)28-13-17)5-7-23(31)26-11-15-4-6-21(32-2)22(8-15)33-3/h4-9,12-14H,11H2,1-3H3,(H,26,31)(H,27,28)/b7-5+. The van der Waals surface area contributed by atoms with E-state index in [1.54, 1.807) is 52.0 Å². The summed E-state index contributed by atoms with van der Waals surface area (Å²) >= 11 is 0. The zero-order chi connectivity index (χ0) is 23.4. The monoisotopic (exact) mass is 442 g/mol. The van der Waals surface area contributed by atoms with Crippen LogP contribution in [0.25, 0.3) is 28.2 Å². The average Bonchev–Trinajstić information content (AvgIpc) is 3.43. The van der Waals surface area contributed by atoms with Crippen molar-refractivity contribution in [1.29, 1.82) is 5.26 Å². The molecular formula is C24H22N6O3. The number of fused-ring (bicyclic) bond motifs is 1. The number of nitriles is 1. The van der Waals surface area contributed by atoms with Gasteiger partial charge in [-0.15, -0.1) is 0 Å². The Morgan fingerprint density at radius 2 is 2.06 bits per heavy atom. The lowest BCUT2D eigenvalue weighted by Crippen LogP contribution is -2.20. The van der Waals surface area contributed by atoms with Gasteiger partial charge >= 0.3 is 0 Å². The quantitative estimate of drug-likeness (QED) is 0.425. The second kappa shape index (κ2) is 9.28. The third-order valence-corrected chi connectivity index (χ3v) is 5.25. The molecule has 0 aliphatic heterocycles. The molecule has 0 saturated heterocycles. The van der Waals surface area contributed by atoms with E-state index < -0.39 is 0 Å². The van der Waals surface area contributed by atoms with Gasteiger partial charge in [-0.1, -0.05) is 6.07 Å². The van der Waals surface area contributed by atoms with Crippen LogP contribution in [-0.4, -0.2) is 39.9 Å². The molecule has 0 fully saturated rings. The van der Waals surface area contributed by atoms with Crippen LogP contribution in [0.5, 0.6) is 11.5 Å². The number of aromatic nitrogens is 4. The van der Waals surface area contributed by atoms with Crippen LogP contribution in [0.3, 0.4) is 0 Å². The predicted molar refractivity (Wildman–Crippen MR) is 123 cm³/mol. The number of hydrogen-bond donors (Lipinski definition) is 2. The van der Waals surface area contributed by atoms with Crippen LogP contribution >= 0.6 is 0 Å². The van der Waals surface area contributed by atoms with Crippen molar-refractivity contribution in [3.63, 3.8) is 0 Å². The molecule has 166 valence electrons. The summed E-state index contributed by atoms with van der Waals surface area (Å²) < 4.78 is 12.1. The maximum absolute atomic E-state index is 12.4. The van der Waals surface area contributed by atoms with E-state index in [1.165, 1.54) is 10.8 Å². The maximum Gasteiger partial charge on any atom is 0.244 e. The molecule has 0 unspecified atom stereocenters. The summed E-state index contributed by atoms with van der Waals surface area (Å²) in [5, 5.41) is 17.3. The Kier molecular flexibility index (Phi) is 6.09. The van der Waals surface area contributed by atoms with E-state index >= 15 is 0 Å². The van der Waals surface area contributed by atoms with Crippen LogP contribution in [0.1, 0.15) is 16.8 Å². The summed E-state index contributed by atoms with van der Waals surface area (Å²) in [6, 6.07) is 9.58. The van der Waals surface area contributed by atoms with Crippen LogP contribution < -0.4 is 14.8 Å². The molecule has 4 aromatic rings. The highest BCUT2D eigenvalue weighted by Crippen LogP contribution is 2.28. The molecule has 0 bridgehead atoms. The van der Waals surface area contributed by atoms with Crippen molar-refractivity contribution in [3.05, 3.63) is 65.8 Å². The number of nitrogens with one attached hydrogen (secondary N) is 2. The van der Waals surface area contributed by atoms with Crippen LogP contribution in [-0.2, 0) is 18.4 Å². The first-order valence-corrected chi connectivity index (χ1v) is 10.1. The number of ether oxygens (including phenoxy) is 2. The van der Waals surface area contributed by atoms with Gasteiger partial charge in [-0.25, -0.2) is 4.98 Å². The number of H-pyrrole nitrogens is 1. The second-order valence-electron chi connectivity index (χ2n) is 7.25. The first-order valence-electron chi connectivity index (χ1n) is 10.1. The van der Waals surface area contributed by atoms with E-state index in [4.69, 9.17) is 9.47 Å². The van der Waals surface area contributed by atoms with Gasteiger partial charge in [0.25, 0.3) is 0 Å². The van der Waals surface area contributed by atoms with E-state index in [0.717, 1.165) is 22.1 Å². The minimum Gasteiger partial charge on any atom is -0.493 e. The van der Waals surface area contributed by atoms with Crippen molar-refractivity contribution < 1.29 is 14.3 Å². The highest BCUT2D eigenvalue weighted by Gasteiger charge is 2.13. The smallest absolute Gasteiger partial charge is 0.244 e. The van der Waals surface area contributed by atoms with Gasteiger partial charge in [-0.3, -0.25) is 9.48 Å². The molecule has 3 aromatic heterocycles. The molecular weight excluding hydrogens is 420 g/mol. The Morgan fingerprint density at radius 3 is 2.82 bits per heavy atom. The number of methoxy groups -OCH3 is 2. The highest BCUT2D eigenvalue weighted by molar-refractivity contribution is 5.96. The summed E-state index contributed by atoms with van der Waals surface area (Å²) in [4.78, 5) is 19.9. The number of benzene rings is 1. The van der Waals surface area contributed by atoms with E-state index in [2.05, 4.69) is 26.5 Å². The number of aromatic amines is 1. The number of aryl methyl sites for hydroxylation is 1. The van der Waals surface area contributed by atoms with Crippen molar-refractivity contribution in [2.75, 3.05) is 14.2 Å². The molecule has 3 heterocycles. The lowest BCUT2D eigenvalue weighted by Gasteiger charge is -2.09. The summed E-state index contributed by atoms with van der Waals surface area (Å²) in [6.07, 6.45) is 8.32. The largest absolute Gasteiger partial charge is 0.493 e. The summed E-state index contributed by atoms with van der Waals surface area (Å²) in [5.41, 5.74) is 4.32. The van der Waals surface area contributed by atoms with Gasteiger partial charge in [0, 0.05) is 54.1 Å². The fourth-order valence-corrected chi connectivity index (χ4v) is 3.49. The third-order valence-electron chi connectivity index (χ3n) is 5.25. The van der Waals surface area contributed by atoms with Gasteiger partial charge < -0.3 is 19.8 Å². The molecule has 1 aromatic carbocycles. The lowest BCUT2D eigenvalue weighted by molar-refractivity contribution is -0.116. The number of carbonyl (C=O) groups excluding carboxylic acids is 1. The maximum atomic E-state index is 12.4. The van der Waals surface area contributed by atoms with Crippen molar-refractivity contribution in [3.8, 4) is 28.7 Å². The SMILES string of the molecule is COc1ccc(CNC(=O)/C=C/c2c[nH]c3ncc(-c4cnn(C)c4C#N)cc23)cc1OC. The Morgan fingerprint density at radius 1 is 1.24 bits per heavy atom. The Bertz CT molecular complexity index is 1390. The van der Waals surface area contributed by atoms with Crippen molar-refractivity contribution in [2.45, 2.75) is 6.54 Å². The summed E-state index contributed by atoms with van der Waals surface area (Å²) in [5.74, 6) is 1.00. The van der Waals surface area contributed by atoms with E-state index in [-0.39, 0.29) is 5.91 Å². The minimum absolute atomic E-state index is 0.234. The number of pyridine rings is 1. The average molecular weight is 442 g/mol.